The first-order valence-corrected chi connectivity index (χ1v) is 13.2. The molecule has 34 heavy (non-hydrogen) atoms. The van der Waals surface area contributed by atoms with Crippen LogP contribution in [0.25, 0.3) is 11.4 Å². The molecule has 0 unspecified atom stereocenters. The van der Waals surface area contributed by atoms with E-state index in [-0.39, 0.29) is 29.9 Å². The molecule has 1 saturated heterocycles. The zero-order valence-corrected chi connectivity index (χ0v) is 20.4. The van der Waals surface area contributed by atoms with E-state index in [2.05, 4.69) is 4.98 Å². The highest BCUT2D eigenvalue weighted by Crippen LogP contribution is 2.22. The molecule has 3 aromatic rings. The molecule has 0 atom stereocenters. The number of aryl methyl sites for hydroxylation is 2. The third kappa shape index (κ3) is 5.37. The summed E-state index contributed by atoms with van der Waals surface area (Å²) < 4.78 is 29.8. The van der Waals surface area contributed by atoms with Gasteiger partial charge in [0.15, 0.2) is 5.78 Å². The maximum atomic E-state index is 12.9. The van der Waals surface area contributed by atoms with Crippen molar-refractivity contribution in [3.05, 3.63) is 76.0 Å². The zero-order valence-electron chi connectivity index (χ0n) is 19.6. The average Bonchev–Trinajstić information content (AvgIpc) is 3.49. The molecule has 0 saturated carbocycles. The molecule has 0 aliphatic carbocycles. The highest BCUT2D eigenvalue weighted by atomic mass is 32.2. The second kappa shape index (κ2) is 10.1. The van der Waals surface area contributed by atoms with E-state index >= 15 is 0 Å². The van der Waals surface area contributed by atoms with Crippen molar-refractivity contribution in [2.24, 2.45) is 7.05 Å². The highest BCUT2D eigenvalue weighted by Gasteiger charge is 2.25. The number of hydrogen-bond donors (Lipinski definition) is 0. The lowest BCUT2D eigenvalue weighted by Gasteiger charge is -2.14. The van der Waals surface area contributed by atoms with Crippen molar-refractivity contribution in [2.45, 2.75) is 39.2 Å². The van der Waals surface area contributed by atoms with Crippen LogP contribution in [-0.2, 0) is 23.6 Å². The number of pyridine rings is 1. The van der Waals surface area contributed by atoms with Crippen LogP contribution in [0, 0.1) is 6.92 Å². The lowest BCUT2D eigenvalue weighted by molar-refractivity contribution is 0.0977. The number of carbonyl (C=O) groups excluding carboxylic acids is 1. The van der Waals surface area contributed by atoms with Crippen LogP contribution in [0.2, 0.25) is 0 Å². The summed E-state index contributed by atoms with van der Waals surface area (Å²) in [5, 5.41) is 0. The van der Waals surface area contributed by atoms with Crippen LogP contribution in [0.4, 0.5) is 0 Å². The topological polar surface area (TPSA) is 94.3 Å². The Morgan fingerprint density at radius 3 is 2.47 bits per heavy atom. The number of carbonyl (C=O) groups is 1. The fourth-order valence-electron chi connectivity index (χ4n) is 4.32. The predicted octanol–water partition coefficient (Wildman–Crippen LogP) is 2.99. The number of hydrogen-bond acceptors (Lipinski definition) is 5. The largest absolute Gasteiger partial charge is 0.326 e. The summed E-state index contributed by atoms with van der Waals surface area (Å²) in [5.74, 6) is 0.373. The van der Waals surface area contributed by atoms with Crippen molar-refractivity contribution in [3.63, 3.8) is 0 Å². The summed E-state index contributed by atoms with van der Waals surface area (Å²) >= 11 is 0. The monoisotopic (exact) mass is 482 g/mol. The molecule has 0 N–H and O–H groups in total. The number of nitrogens with zero attached hydrogens (tertiary/aromatic N) is 4. The Morgan fingerprint density at radius 2 is 1.79 bits per heavy atom. The van der Waals surface area contributed by atoms with Crippen LogP contribution in [0.15, 0.2) is 53.6 Å². The van der Waals surface area contributed by atoms with E-state index in [0.717, 1.165) is 24.0 Å². The van der Waals surface area contributed by atoms with Gasteiger partial charge in [-0.1, -0.05) is 30.3 Å². The highest BCUT2D eigenvalue weighted by molar-refractivity contribution is 7.89. The minimum Gasteiger partial charge on any atom is -0.326 e. The number of aromatic nitrogens is 3. The molecule has 1 fully saturated rings. The van der Waals surface area contributed by atoms with Gasteiger partial charge in [-0.2, -0.15) is 0 Å². The molecule has 0 radical (unpaired) electrons. The summed E-state index contributed by atoms with van der Waals surface area (Å²) in [6.07, 6.45) is 5.60. The van der Waals surface area contributed by atoms with Gasteiger partial charge in [0.1, 0.15) is 11.5 Å². The van der Waals surface area contributed by atoms with Gasteiger partial charge in [-0.25, -0.2) is 17.7 Å². The minimum absolute atomic E-state index is 0.0314. The van der Waals surface area contributed by atoms with Crippen molar-refractivity contribution in [1.29, 1.82) is 0 Å². The molecule has 180 valence electrons. The average molecular weight is 483 g/mol. The Balaban J connectivity index is 1.57. The number of rotatable bonds is 9. The second-order valence-electron chi connectivity index (χ2n) is 8.84. The molecular formula is C25H30N4O4S. The molecule has 9 heteroatoms. The molecule has 1 aliphatic rings. The van der Waals surface area contributed by atoms with Gasteiger partial charge < -0.3 is 9.13 Å². The van der Waals surface area contributed by atoms with Crippen LogP contribution in [0.5, 0.6) is 0 Å². The number of imidazole rings is 1. The van der Waals surface area contributed by atoms with E-state index in [0.29, 0.717) is 36.7 Å². The molecule has 2 aromatic heterocycles. The molecule has 0 bridgehead atoms. The fraction of sp³-hybridized carbons (Fsp3) is 0.400. The summed E-state index contributed by atoms with van der Waals surface area (Å²) in [7, 11) is -1.62. The summed E-state index contributed by atoms with van der Waals surface area (Å²) in [6.45, 7) is 3.41. The number of benzene rings is 1. The van der Waals surface area contributed by atoms with Crippen molar-refractivity contribution in [3.8, 4) is 11.4 Å². The Kier molecular flexibility index (Phi) is 7.13. The summed E-state index contributed by atoms with van der Waals surface area (Å²) in [4.78, 5) is 29.7. The SMILES string of the molecule is Cc1cc(-c2nc(C(=O)CCCS(=O)(=O)N3CCCC3)cn2Cc2ccccc2)cn(C)c1=O. The second-order valence-corrected chi connectivity index (χ2v) is 10.9. The fourth-order valence-corrected chi connectivity index (χ4v) is 5.90. The van der Waals surface area contributed by atoms with Gasteiger partial charge in [0, 0.05) is 56.6 Å². The number of ketones is 1. The normalized spacial score (nSPS) is 14.5. The number of Topliss-reactive ketones (excluding diaryl/α,β-unsaturated/α-hetero) is 1. The third-order valence-electron chi connectivity index (χ3n) is 6.14. The van der Waals surface area contributed by atoms with Gasteiger partial charge in [0.25, 0.3) is 5.56 Å². The van der Waals surface area contributed by atoms with Crippen molar-refractivity contribution < 1.29 is 13.2 Å². The lowest BCUT2D eigenvalue weighted by Crippen LogP contribution is -2.30. The van der Waals surface area contributed by atoms with Gasteiger partial charge in [0.05, 0.1) is 5.75 Å². The van der Waals surface area contributed by atoms with Crippen molar-refractivity contribution >= 4 is 15.8 Å². The Bertz CT molecular complexity index is 1310. The van der Waals surface area contributed by atoms with Gasteiger partial charge >= 0.3 is 0 Å². The number of sulfonamides is 1. The Hall–Kier alpha value is -3.04. The first-order chi connectivity index (χ1) is 16.2. The molecule has 0 amide bonds. The quantitative estimate of drug-likeness (QED) is 0.437. The maximum Gasteiger partial charge on any atom is 0.253 e. The smallest absolute Gasteiger partial charge is 0.253 e. The lowest BCUT2D eigenvalue weighted by atomic mass is 10.2. The van der Waals surface area contributed by atoms with Crippen LogP contribution in [-0.4, -0.2) is 51.5 Å². The molecule has 8 nitrogen and oxygen atoms in total. The molecule has 4 rings (SSSR count). The third-order valence-corrected chi connectivity index (χ3v) is 8.10. The molecule has 0 spiro atoms. The molecular weight excluding hydrogens is 452 g/mol. The van der Waals surface area contributed by atoms with E-state index in [1.807, 2.05) is 34.9 Å². The standard InChI is InChI=1S/C25H30N4O4S/c1-19-15-21(17-27(2)25(19)31)24-26-22(18-28(24)16-20-9-4-3-5-10-20)23(30)11-8-14-34(32,33)29-12-6-7-13-29/h3-5,9-10,15,17-18H,6-8,11-14,16H2,1-2H3. The van der Waals surface area contributed by atoms with Crippen LogP contribution in [0.1, 0.15) is 47.3 Å². The van der Waals surface area contributed by atoms with E-state index in [4.69, 9.17) is 0 Å². The summed E-state index contributed by atoms with van der Waals surface area (Å²) in [5.41, 5.74) is 2.61. The molecule has 1 aliphatic heterocycles. The first kappa shape index (κ1) is 24.1. The van der Waals surface area contributed by atoms with E-state index < -0.39 is 10.0 Å². The van der Waals surface area contributed by atoms with Crippen molar-refractivity contribution in [2.75, 3.05) is 18.8 Å². The van der Waals surface area contributed by atoms with Crippen LogP contribution in [0.3, 0.4) is 0 Å². The van der Waals surface area contributed by atoms with Gasteiger partial charge in [-0.05, 0) is 37.8 Å². The van der Waals surface area contributed by atoms with Crippen LogP contribution >= 0.6 is 0 Å². The van der Waals surface area contributed by atoms with Gasteiger partial charge in [-0.15, -0.1) is 0 Å². The Labute approximate surface area is 199 Å². The first-order valence-electron chi connectivity index (χ1n) is 11.5. The summed E-state index contributed by atoms with van der Waals surface area (Å²) in [6, 6.07) is 11.6. The van der Waals surface area contributed by atoms with Crippen molar-refractivity contribution in [1.82, 2.24) is 18.4 Å². The Morgan fingerprint density at radius 1 is 1.09 bits per heavy atom. The van der Waals surface area contributed by atoms with Gasteiger partial charge in [-0.3, -0.25) is 9.59 Å². The maximum absolute atomic E-state index is 12.9. The molecule has 1 aromatic carbocycles. The molecule has 3 heterocycles. The van der Waals surface area contributed by atoms with E-state index in [1.165, 1.54) is 8.87 Å². The minimum atomic E-state index is -3.31. The predicted molar refractivity (Wildman–Crippen MR) is 131 cm³/mol. The van der Waals surface area contributed by atoms with E-state index in [1.54, 1.807) is 32.4 Å². The van der Waals surface area contributed by atoms with Crippen LogP contribution < -0.4 is 5.56 Å². The van der Waals surface area contributed by atoms with E-state index in [9.17, 15) is 18.0 Å². The van der Waals surface area contributed by atoms with Gasteiger partial charge in [0.2, 0.25) is 10.0 Å². The zero-order chi connectivity index (χ0) is 24.3.